The molecule has 7 nitrogen and oxygen atoms in total. The standard InChI is InChI=1S/C15H27BrN2O5/c1-14(2)12(19)17(13(20)15(3,4)18(14)16)6-7-22-10-11-23-9-8-21-5/h6-11H2,1-5H3. The molecule has 1 fully saturated rings. The molecular formula is C15H27BrN2O5. The molecule has 0 radical (unpaired) electrons. The van der Waals surface area contributed by atoms with Crippen molar-refractivity contribution in [2.45, 2.75) is 38.8 Å². The Balaban J connectivity index is 2.46. The van der Waals surface area contributed by atoms with Crippen molar-refractivity contribution in [1.29, 1.82) is 0 Å². The molecule has 23 heavy (non-hydrogen) atoms. The lowest BCUT2D eigenvalue weighted by Gasteiger charge is -2.50. The number of ether oxygens (including phenoxy) is 3. The van der Waals surface area contributed by atoms with E-state index in [4.69, 9.17) is 14.2 Å². The lowest BCUT2D eigenvalue weighted by molar-refractivity contribution is -0.166. The van der Waals surface area contributed by atoms with Crippen LogP contribution in [-0.2, 0) is 23.8 Å². The number of piperazine rings is 1. The molecule has 1 heterocycles. The van der Waals surface area contributed by atoms with Crippen LogP contribution >= 0.6 is 16.1 Å². The molecule has 1 saturated heterocycles. The van der Waals surface area contributed by atoms with E-state index in [-0.39, 0.29) is 18.4 Å². The largest absolute Gasteiger partial charge is 0.382 e. The smallest absolute Gasteiger partial charge is 0.250 e. The van der Waals surface area contributed by atoms with Crippen LogP contribution in [0.1, 0.15) is 27.7 Å². The van der Waals surface area contributed by atoms with Gasteiger partial charge in [-0.1, -0.05) is 0 Å². The number of nitrogens with zero attached hydrogens (tertiary/aromatic N) is 2. The summed E-state index contributed by atoms with van der Waals surface area (Å²) < 4.78 is 17.2. The van der Waals surface area contributed by atoms with E-state index < -0.39 is 11.1 Å². The van der Waals surface area contributed by atoms with Crippen LogP contribution in [0.3, 0.4) is 0 Å². The van der Waals surface area contributed by atoms with E-state index in [0.717, 1.165) is 0 Å². The van der Waals surface area contributed by atoms with Crippen LogP contribution in [0.15, 0.2) is 0 Å². The highest BCUT2D eigenvalue weighted by Crippen LogP contribution is 2.36. The summed E-state index contributed by atoms with van der Waals surface area (Å²) in [7, 11) is 1.61. The molecule has 0 N–H and O–H groups in total. The molecule has 0 unspecified atom stereocenters. The van der Waals surface area contributed by atoms with Crippen LogP contribution in [0.4, 0.5) is 0 Å². The molecule has 1 aliphatic heterocycles. The van der Waals surface area contributed by atoms with Crippen LogP contribution in [0.5, 0.6) is 0 Å². The van der Waals surface area contributed by atoms with E-state index in [9.17, 15) is 9.59 Å². The van der Waals surface area contributed by atoms with Crippen molar-refractivity contribution in [3.05, 3.63) is 0 Å². The third kappa shape index (κ3) is 4.73. The normalized spacial score (nSPS) is 21.0. The molecule has 0 bridgehead atoms. The Bertz CT molecular complexity index is 400. The number of carbonyl (C=O) groups excluding carboxylic acids is 2. The zero-order chi connectivity index (χ0) is 17.7. The first kappa shape index (κ1) is 20.5. The Labute approximate surface area is 146 Å². The van der Waals surface area contributed by atoms with E-state index in [2.05, 4.69) is 16.1 Å². The van der Waals surface area contributed by atoms with Gasteiger partial charge in [-0.3, -0.25) is 14.5 Å². The Hall–Kier alpha value is -0.540. The van der Waals surface area contributed by atoms with Crippen molar-refractivity contribution in [3.8, 4) is 0 Å². The monoisotopic (exact) mass is 394 g/mol. The third-order valence-electron chi connectivity index (χ3n) is 3.78. The van der Waals surface area contributed by atoms with Crippen molar-refractivity contribution in [3.63, 3.8) is 0 Å². The Morgan fingerprint density at radius 3 is 1.78 bits per heavy atom. The number of amides is 2. The van der Waals surface area contributed by atoms with E-state index in [1.807, 2.05) is 0 Å². The van der Waals surface area contributed by atoms with Gasteiger partial charge in [0.15, 0.2) is 0 Å². The maximum Gasteiger partial charge on any atom is 0.250 e. The average Bonchev–Trinajstić information content (AvgIpc) is 2.50. The summed E-state index contributed by atoms with van der Waals surface area (Å²) in [6.45, 7) is 9.62. The van der Waals surface area contributed by atoms with Gasteiger partial charge in [-0.25, -0.2) is 3.93 Å². The summed E-state index contributed by atoms with van der Waals surface area (Å²) in [4.78, 5) is 26.3. The summed E-state index contributed by atoms with van der Waals surface area (Å²) in [5.74, 6) is -0.475. The number of hydrogen-bond donors (Lipinski definition) is 0. The van der Waals surface area contributed by atoms with Gasteiger partial charge in [0, 0.05) is 23.3 Å². The minimum Gasteiger partial charge on any atom is -0.382 e. The van der Waals surface area contributed by atoms with Crippen LogP contribution in [0.2, 0.25) is 0 Å². The molecular weight excluding hydrogens is 368 g/mol. The molecule has 0 saturated carbocycles. The second-order valence-corrected chi connectivity index (χ2v) is 7.09. The number of methoxy groups -OCH3 is 1. The summed E-state index contributed by atoms with van der Waals surface area (Å²) in [6.07, 6.45) is 0. The fourth-order valence-corrected chi connectivity index (χ4v) is 2.75. The average molecular weight is 395 g/mol. The predicted molar refractivity (Wildman–Crippen MR) is 89.2 cm³/mol. The molecule has 0 aliphatic carbocycles. The second-order valence-electron chi connectivity index (χ2n) is 6.38. The van der Waals surface area contributed by atoms with E-state index in [1.165, 1.54) is 4.90 Å². The summed E-state index contributed by atoms with van der Waals surface area (Å²) in [5.41, 5.74) is -1.61. The number of carbonyl (C=O) groups is 2. The minimum atomic E-state index is -0.805. The number of halogens is 1. The lowest BCUT2D eigenvalue weighted by atomic mass is 9.90. The van der Waals surface area contributed by atoms with E-state index in [0.29, 0.717) is 33.0 Å². The van der Waals surface area contributed by atoms with E-state index >= 15 is 0 Å². The first-order chi connectivity index (χ1) is 10.7. The van der Waals surface area contributed by atoms with Crippen molar-refractivity contribution in [1.82, 2.24) is 8.83 Å². The number of hydrogen-bond acceptors (Lipinski definition) is 6. The van der Waals surface area contributed by atoms with Gasteiger partial charge >= 0.3 is 0 Å². The van der Waals surface area contributed by atoms with Gasteiger partial charge in [-0.2, -0.15) is 0 Å². The molecule has 0 aromatic rings. The molecule has 8 heteroatoms. The SMILES string of the molecule is COCCOCCOCCN1C(=O)C(C)(C)N(Br)C(C)(C)C1=O. The highest BCUT2D eigenvalue weighted by Gasteiger charge is 2.55. The molecule has 2 amide bonds. The number of imide groups is 1. The molecule has 1 rings (SSSR count). The minimum absolute atomic E-state index is 0.237. The quantitative estimate of drug-likeness (QED) is 0.332. The van der Waals surface area contributed by atoms with Gasteiger partial charge in [0.25, 0.3) is 0 Å². The van der Waals surface area contributed by atoms with Gasteiger partial charge in [-0.05, 0) is 27.7 Å². The van der Waals surface area contributed by atoms with Crippen molar-refractivity contribution >= 4 is 28.0 Å². The molecule has 0 aromatic heterocycles. The molecule has 134 valence electrons. The first-order valence-electron chi connectivity index (χ1n) is 7.64. The van der Waals surface area contributed by atoms with Crippen molar-refractivity contribution in [2.24, 2.45) is 0 Å². The van der Waals surface area contributed by atoms with Gasteiger partial charge < -0.3 is 14.2 Å². The fraction of sp³-hybridized carbons (Fsp3) is 0.867. The highest BCUT2D eigenvalue weighted by molar-refractivity contribution is 9.07. The van der Waals surface area contributed by atoms with Crippen LogP contribution in [0, 0.1) is 0 Å². The molecule has 1 aliphatic rings. The van der Waals surface area contributed by atoms with Gasteiger partial charge in [0.05, 0.1) is 39.6 Å². The molecule has 0 aromatic carbocycles. The summed E-state index contributed by atoms with van der Waals surface area (Å²) in [6, 6.07) is 0. The maximum absolute atomic E-state index is 12.5. The Kier molecular flexibility index (Phi) is 7.60. The number of rotatable bonds is 9. The highest BCUT2D eigenvalue weighted by atomic mass is 79.9. The molecule has 0 spiro atoms. The first-order valence-corrected chi connectivity index (χ1v) is 8.35. The lowest BCUT2D eigenvalue weighted by Crippen LogP contribution is -2.71. The van der Waals surface area contributed by atoms with Crippen LogP contribution < -0.4 is 0 Å². The van der Waals surface area contributed by atoms with E-state index in [1.54, 1.807) is 38.7 Å². The fourth-order valence-electron chi connectivity index (χ4n) is 2.44. The van der Waals surface area contributed by atoms with Crippen molar-refractivity contribution < 1.29 is 23.8 Å². The Morgan fingerprint density at radius 2 is 1.30 bits per heavy atom. The van der Waals surface area contributed by atoms with Crippen LogP contribution in [-0.4, -0.2) is 78.4 Å². The summed E-state index contributed by atoms with van der Waals surface area (Å²) >= 11 is 3.37. The Morgan fingerprint density at radius 1 is 0.870 bits per heavy atom. The summed E-state index contributed by atoms with van der Waals surface area (Å²) in [5, 5.41) is 0. The zero-order valence-corrected chi connectivity index (χ0v) is 16.1. The van der Waals surface area contributed by atoms with Crippen LogP contribution in [0.25, 0.3) is 0 Å². The topological polar surface area (TPSA) is 68.3 Å². The second kappa shape index (κ2) is 8.53. The van der Waals surface area contributed by atoms with Crippen molar-refractivity contribution in [2.75, 3.05) is 46.7 Å². The van der Waals surface area contributed by atoms with Gasteiger partial charge in [0.1, 0.15) is 11.1 Å². The maximum atomic E-state index is 12.5. The van der Waals surface area contributed by atoms with Gasteiger partial charge in [-0.15, -0.1) is 0 Å². The third-order valence-corrected chi connectivity index (χ3v) is 5.55. The van der Waals surface area contributed by atoms with Gasteiger partial charge in [0.2, 0.25) is 11.8 Å². The predicted octanol–water partition coefficient (Wildman–Crippen LogP) is 1.20. The zero-order valence-electron chi connectivity index (χ0n) is 14.6. The molecule has 0 atom stereocenters.